The van der Waals surface area contributed by atoms with Gasteiger partial charge in [-0.2, -0.15) is 0 Å². The fourth-order valence-electron chi connectivity index (χ4n) is 1.34. The van der Waals surface area contributed by atoms with Gasteiger partial charge in [0, 0.05) is 20.8 Å². The minimum Gasteiger partial charge on any atom is -0.479 e. The predicted molar refractivity (Wildman–Crippen MR) is 55.0 cm³/mol. The lowest BCUT2D eigenvalue weighted by Gasteiger charge is -2.19. The molecule has 0 radical (unpaired) electrons. The normalized spacial score (nSPS) is 20.7. The van der Waals surface area contributed by atoms with Gasteiger partial charge in [-0.25, -0.2) is 4.99 Å². The van der Waals surface area contributed by atoms with Crippen LogP contribution in [0, 0.1) is 0 Å². The van der Waals surface area contributed by atoms with Crippen LogP contribution >= 0.6 is 0 Å². The molecule has 0 aromatic rings. The van der Waals surface area contributed by atoms with Crippen LogP contribution < -0.4 is 0 Å². The van der Waals surface area contributed by atoms with Gasteiger partial charge in [-0.15, -0.1) is 0 Å². The zero-order valence-corrected chi connectivity index (χ0v) is 9.56. The molecule has 16 heavy (non-hydrogen) atoms. The molecule has 0 unspecified atom stereocenters. The maximum atomic E-state index is 10.9. The zero-order chi connectivity index (χ0) is 12.1. The van der Waals surface area contributed by atoms with Gasteiger partial charge in [-0.05, 0) is 0 Å². The summed E-state index contributed by atoms with van der Waals surface area (Å²) >= 11 is 0. The Morgan fingerprint density at radius 2 is 2.19 bits per heavy atom. The Morgan fingerprint density at radius 3 is 2.62 bits per heavy atom. The van der Waals surface area contributed by atoms with Crippen LogP contribution in [0.25, 0.3) is 0 Å². The van der Waals surface area contributed by atoms with E-state index in [2.05, 4.69) is 4.99 Å². The number of aliphatic imine (C=N–C) groups is 1. The highest BCUT2D eigenvalue weighted by molar-refractivity contribution is 5.75. The van der Waals surface area contributed by atoms with Crippen LogP contribution in [0.15, 0.2) is 4.99 Å². The maximum absolute atomic E-state index is 10.9. The lowest BCUT2D eigenvalue weighted by atomic mass is 10.2. The largest absolute Gasteiger partial charge is 0.479 e. The summed E-state index contributed by atoms with van der Waals surface area (Å²) in [6, 6.07) is -0.303. The molecule has 2 atom stereocenters. The third-order valence-corrected chi connectivity index (χ3v) is 2.01. The number of hydrogen-bond acceptors (Lipinski definition) is 6. The molecule has 1 rings (SSSR count). The van der Waals surface area contributed by atoms with Crippen molar-refractivity contribution in [3.05, 3.63) is 0 Å². The highest BCUT2D eigenvalue weighted by Gasteiger charge is 2.29. The predicted octanol–water partition coefficient (Wildman–Crippen LogP) is 0.298. The molecule has 0 amide bonds. The quantitative estimate of drug-likeness (QED) is 0.648. The Bertz CT molecular complexity index is 312. The average Bonchev–Trinajstić information content (AvgIpc) is 2.58. The van der Waals surface area contributed by atoms with Crippen molar-refractivity contribution in [1.82, 2.24) is 0 Å². The monoisotopic (exact) mass is 229 g/mol. The second-order valence-electron chi connectivity index (χ2n) is 3.48. The molecule has 0 N–H and O–H groups in total. The molecular formula is C10H15NO5. The third kappa shape index (κ3) is 3.88. The summed E-state index contributed by atoms with van der Waals surface area (Å²) in [6.45, 7) is 4.65. The third-order valence-electron chi connectivity index (χ3n) is 2.01. The SMILES string of the molecule is CC(=O)OC[C@H](OC(C)=O)[C@@H]1COC(C)=N1. The number of carbonyl (C=O) groups excluding carboxylic acids is 2. The van der Waals surface area contributed by atoms with E-state index in [0.717, 1.165) is 0 Å². The Kier molecular flexibility index (Phi) is 4.28. The molecule has 0 fully saturated rings. The molecule has 0 spiro atoms. The number of rotatable bonds is 4. The van der Waals surface area contributed by atoms with Crippen molar-refractivity contribution in [2.24, 2.45) is 4.99 Å². The van der Waals surface area contributed by atoms with Crippen molar-refractivity contribution in [2.45, 2.75) is 32.9 Å². The van der Waals surface area contributed by atoms with E-state index in [1.807, 2.05) is 0 Å². The van der Waals surface area contributed by atoms with Crippen LogP contribution in [0.3, 0.4) is 0 Å². The van der Waals surface area contributed by atoms with Crippen molar-refractivity contribution < 1.29 is 23.8 Å². The highest BCUT2D eigenvalue weighted by atomic mass is 16.6. The molecule has 6 heteroatoms. The molecular weight excluding hydrogens is 214 g/mol. The molecule has 1 heterocycles. The van der Waals surface area contributed by atoms with Crippen LogP contribution in [0.5, 0.6) is 0 Å². The number of nitrogens with zero attached hydrogens (tertiary/aromatic N) is 1. The number of ether oxygens (including phenoxy) is 3. The van der Waals surface area contributed by atoms with E-state index in [1.54, 1.807) is 6.92 Å². The van der Waals surface area contributed by atoms with Gasteiger partial charge in [0.25, 0.3) is 0 Å². The number of esters is 2. The molecule has 1 aliphatic heterocycles. The summed E-state index contributed by atoms with van der Waals surface area (Å²) in [7, 11) is 0. The Labute approximate surface area is 93.6 Å². The van der Waals surface area contributed by atoms with E-state index >= 15 is 0 Å². The van der Waals surface area contributed by atoms with Gasteiger partial charge >= 0.3 is 11.9 Å². The van der Waals surface area contributed by atoms with Crippen LogP contribution in [0.1, 0.15) is 20.8 Å². The summed E-state index contributed by atoms with van der Waals surface area (Å²) in [4.78, 5) is 25.7. The molecule has 0 aromatic carbocycles. The van der Waals surface area contributed by atoms with Gasteiger partial charge in [0.2, 0.25) is 0 Å². The van der Waals surface area contributed by atoms with Crippen molar-refractivity contribution in [2.75, 3.05) is 13.2 Å². The first-order chi connectivity index (χ1) is 7.49. The molecule has 0 aliphatic carbocycles. The fourth-order valence-corrected chi connectivity index (χ4v) is 1.34. The van der Waals surface area contributed by atoms with Gasteiger partial charge in [0.1, 0.15) is 19.3 Å². The van der Waals surface area contributed by atoms with Gasteiger partial charge in [0.15, 0.2) is 12.0 Å². The van der Waals surface area contributed by atoms with Gasteiger partial charge in [0.05, 0.1) is 0 Å². The van der Waals surface area contributed by atoms with Crippen LogP contribution in [-0.2, 0) is 23.8 Å². The number of carbonyl (C=O) groups is 2. The second kappa shape index (κ2) is 5.48. The van der Waals surface area contributed by atoms with Crippen LogP contribution in [0.2, 0.25) is 0 Å². The highest BCUT2D eigenvalue weighted by Crippen LogP contribution is 2.12. The molecule has 0 bridgehead atoms. The van der Waals surface area contributed by atoms with Crippen molar-refractivity contribution in [3.8, 4) is 0 Å². The zero-order valence-electron chi connectivity index (χ0n) is 9.56. The van der Waals surface area contributed by atoms with E-state index in [4.69, 9.17) is 14.2 Å². The molecule has 0 aromatic heterocycles. The Hall–Kier alpha value is -1.59. The fraction of sp³-hybridized carbons (Fsp3) is 0.700. The maximum Gasteiger partial charge on any atom is 0.303 e. The smallest absolute Gasteiger partial charge is 0.303 e. The minimum atomic E-state index is -0.584. The lowest BCUT2D eigenvalue weighted by Crippen LogP contribution is -2.35. The summed E-state index contributed by atoms with van der Waals surface area (Å²) in [6.07, 6.45) is -0.584. The van der Waals surface area contributed by atoms with Gasteiger partial charge in [-0.3, -0.25) is 9.59 Å². The molecule has 0 saturated heterocycles. The topological polar surface area (TPSA) is 74.2 Å². The van der Waals surface area contributed by atoms with Gasteiger partial charge in [-0.1, -0.05) is 0 Å². The molecule has 0 saturated carbocycles. The molecule has 6 nitrogen and oxygen atoms in total. The van der Waals surface area contributed by atoms with Crippen LogP contribution in [-0.4, -0.2) is 43.2 Å². The van der Waals surface area contributed by atoms with E-state index < -0.39 is 18.0 Å². The van der Waals surface area contributed by atoms with Gasteiger partial charge < -0.3 is 14.2 Å². The van der Waals surface area contributed by atoms with E-state index in [9.17, 15) is 9.59 Å². The van der Waals surface area contributed by atoms with Crippen molar-refractivity contribution in [3.63, 3.8) is 0 Å². The Balaban J connectivity index is 2.56. The summed E-state index contributed by atoms with van der Waals surface area (Å²) in [5, 5.41) is 0. The summed E-state index contributed by atoms with van der Waals surface area (Å²) in [5.41, 5.74) is 0. The second-order valence-corrected chi connectivity index (χ2v) is 3.48. The van der Waals surface area contributed by atoms with Crippen LogP contribution in [0.4, 0.5) is 0 Å². The van der Waals surface area contributed by atoms with Crippen molar-refractivity contribution in [1.29, 1.82) is 0 Å². The summed E-state index contributed by atoms with van der Waals surface area (Å²) in [5.74, 6) is -0.307. The Morgan fingerprint density at radius 1 is 1.50 bits per heavy atom. The molecule has 90 valence electrons. The minimum absolute atomic E-state index is 0.000278. The first kappa shape index (κ1) is 12.5. The van der Waals surface area contributed by atoms with E-state index in [-0.39, 0.29) is 12.6 Å². The average molecular weight is 229 g/mol. The lowest BCUT2D eigenvalue weighted by molar-refractivity contribution is -0.157. The first-order valence-corrected chi connectivity index (χ1v) is 4.97. The number of hydrogen-bond donors (Lipinski definition) is 0. The van der Waals surface area contributed by atoms with E-state index in [1.165, 1.54) is 13.8 Å². The summed E-state index contributed by atoms with van der Waals surface area (Å²) < 4.78 is 15.0. The standard InChI is InChI=1S/C10H15NO5/c1-6-11-9(4-14-6)10(16-8(3)13)5-15-7(2)12/h9-10H,4-5H2,1-3H3/t9-,10-/m0/s1. The first-order valence-electron chi connectivity index (χ1n) is 4.97. The van der Waals surface area contributed by atoms with Crippen molar-refractivity contribution >= 4 is 17.8 Å². The van der Waals surface area contributed by atoms with E-state index in [0.29, 0.717) is 12.5 Å². The molecule has 1 aliphatic rings.